The van der Waals surface area contributed by atoms with E-state index in [-0.39, 0.29) is 5.82 Å². The smallest absolute Gasteiger partial charge is 0.137 e. The number of para-hydroxylation sites is 3. The molecule has 0 radical (unpaired) electrons. The highest BCUT2D eigenvalue weighted by molar-refractivity contribution is 6.08. The zero-order valence-corrected chi connectivity index (χ0v) is 25.2. The van der Waals surface area contributed by atoms with Gasteiger partial charge in [0.15, 0.2) is 0 Å². The first-order valence-electron chi connectivity index (χ1n) is 15.5. The summed E-state index contributed by atoms with van der Waals surface area (Å²) in [6.45, 7) is 0. The summed E-state index contributed by atoms with van der Waals surface area (Å²) in [7, 11) is 0. The number of furan rings is 2. The molecular weight excluding hydrogens is 583 g/mol. The third kappa shape index (κ3) is 4.68. The van der Waals surface area contributed by atoms with E-state index in [9.17, 15) is 4.39 Å². The number of anilines is 6. The molecule has 0 saturated carbocycles. The van der Waals surface area contributed by atoms with E-state index in [1.807, 2.05) is 65.6 Å². The molecule has 224 valence electrons. The average Bonchev–Trinajstić information content (AvgIpc) is 3.67. The van der Waals surface area contributed by atoms with Gasteiger partial charge in [-0.15, -0.1) is 0 Å². The van der Waals surface area contributed by atoms with Crippen LogP contribution in [0.5, 0.6) is 0 Å². The van der Waals surface area contributed by atoms with E-state index < -0.39 is 0 Å². The van der Waals surface area contributed by atoms with E-state index in [1.54, 1.807) is 12.1 Å². The molecule has 2 aromatic heterocycles. The summed E-state index contributed by atoms with van der Waals surface area (Å²) in [5.41, 5.74) is 8.69. The summed E-state index contributed by atoms with van der Waals surface area (Å²) in [6.07, 6.45) is 0. The highest BCUT2D eigenvalue weighted by Gasteiger charge is 2.19. The van der Waals surface area contributed by atoms with Crippen molar-refractivity contribution in [2.45, 2.75) is 0 Å². The quantitative estimate of drug-likeness (QED) is 0.187. The molecule has 0 N–H and O–H groups in total. The number of hydrogen-bond acceptors (Lipinski definition) is 4. The van der Waals surface area contributed by atoms with Gasteiger partial charge in [0, 0.05) is 67.8 Å². The minimum atomic E-state index is -0.309. The third-order valence-electron chi connectivity index (χ3n) is 8.67. The lowest BCUT2D eigenvalue weighted by atomic mass is 10.1. The first-order valence-corrected chi connectivity index (χ1v) is 15.5. The number of hydrogen-bond donors (Lipinski definition) is 0. The largest absolute Gasteiger partial charge is 0.456 e. The Kier molecular flexibility index (Phi) is 6.28. The summed E-state index contributed by atoms with van der Waals surface area (Å²) < 4.78 is 27.3. The fraction of sp³-hybridized carbons (Fsp3) is 0. The Morgan fingerprint density at radius 1 is 0.319 bits per heavy atom. The Hall–Kier alpha value is -6.33. The monoisotopic (exact) mass is 610 g/mol. The van der Waals surface area contributed by atoms with Crippen molar-refractivity contribution < 1.29 is 13.2 Å². The standard InChI is InChI=1S/C42H27FN2O2/c43-28-10-9-15-31(24-28)45(33-18-21-36-35-16-7-8-17-39(35)46-41(36)26-33)34-19-22-37-38-25-32(20-23-40(38)47-42(37)27-34)44(29-11-3-1-4-12-29)30-13-5-2-6-14-30/h1-27H. The van der Waals surface area contributed by atoms with Gasteiger partial charge in [-0.1, -0.05) is 60.7 Å². The molecule has 47 heavy (non-hydrogen) atoms. The summed E-state index contributed by atoms with van der Waals surface area (Å²) in [6, 6.07) is 53.9. The summed E-state index contributed by atoms with van der Waals surface area (Å²) in [4.78, 5) is 4.27. The maximum absolute atomic E-state index is 14.6. The number of rotatable bonds is 6. The molecule has 9 rings (SSSR count). The van der Waals surface area contributed by atoms with E-state index >= 15 is 0 Å². The molecule has 0 aliphatic heterocycles. The number of fused-ring (bicyclic) bond motifs is 6. The summed E-state index contributed by atoms with van der Waals surface area (Å²) in [5, 5.41) is 4.11. The lowest BCUT2D eigenvalue weighted by molar-refractivity contribution is 0.628. The van der Waals surface area contributed by atoms with Crippen LogP contribution in [0.3, 0.4) is 0 Å². The Morgan fingerprint density at radius 3 is 1.45 bits per heavy atom. The molecule has 2 heterocycles. The van der Waals surface area contributed by atoms with Gasteiger partial charge in [-0.3, -0.25) is 0 Å². The SMILES string of the molecule is Fc1cccc(N(c2ccc3c(c2)oc2ccccc23)c2ccc3c(c2)oc2ccc(N(c4ccccc4)c4ccccc4)cc23)c1. The molecule has 0 saturated heterocycles. The van der Waals surface area contributed by atoms with Crippen LogP contribution in [-0.4, -0.2) is 0 Å². The van der Waals surface area contributed by atoms with Crippen LogP contribution in [0, 0.1) is 5.82 Å². The third-order valence-corrected chi connectivity index (χ3v) is 8.67. The molecule has 5 heteroatoms. The molecule has 0 unspecified atom stereocenters. The maximum Gasteiger partial charge on any atom is 0.137 e. The van der Waals surface area contributed by atoms with Crippen molar-refractivity contribution in [1.29, 1.82) is 0 Å². The summed E-state index contributed by atoms with van der Waals surface area (Å²) >= 11 is 0. The number of nitrogens with zero attached hydrogens (tertiary/aromatic N) is 2. The number of halogens is 1. The van der Waals surface area contributed by atoms with Gasteiger partial charge >= 0.3 is 0 Å². The predicted molar refractivity (Wildman–Crippen MR) is 190 cm³/mol. The minimum absolute atomic E-state index is 0.309. The molecule has 0 bridgehead atoms. The van der Waals surface area contributed by atoms with Crippen LogP contribution in [0.2, 0.25) is 0 Å². The van der Waals surface area contributed by atoms with Crippen LogP contribution in [0.1, 0.15) is 0 Å². The van der Waals surface area contributed by atoms with Crippen molar-refractivity contribution in [3.8, 4) is 0 Å². The van der Waals surface area contributed by atoms with Crippen LogP contribution in [0.4, 0.5) is 38.5 Å². The minimum Gasteiger partial charge on any atom is -0.456 e. The van der Waals surface area contributed by atoms with Crippen molar-refractivity contribution in [3.05, 3.63) is 170 Å². The normalized spacial score (nSPS) is 11.5. The number of benzene rings is 7. The highest BCUT2D eigenvalue weighted by atomic mass is 19.1. The maximum atomic E-state index is 14.6. The Bertz CT molecular complexity index is 2510. The van der Waals surface area contributed by atoms with Gasteiger partial charge < -0.3 is 18.6 Å². The van der Waals surface area contributed by atoms with Gasteiger partial charge in [0.2, 0.25) is 0 Å². The van der Waals surface area contributed by atoms with Crippen LogP contribution in [0.15, 0.2) is 173 Å². The van der Waals surface area contributed by atoms with Crippen molar-refractivity contribution >= 4 is 78.0 Å². The second kappa shape index (κ2) is 10.9. The average molecular weight is 611 g/mol. The summed E-state index contributed by atoms with van der Waals surface area (Å²) in [5.74, 6) is -0.309. The van der Waals surface area contributed by atoms with E-state index in [0.717, 1.165) is 72.3 Å². The van der Waals surface area contributed by atoms with Gasteiger partial charge in [-0.25, -0.2) is 4.39 Å². The molecule has 0 atom stereocenters. The highest BCUT2D eigenvalue weighted by Crippen LogP contribution is 2.42. The first-order chi connectivity index (χ1) is 23.2. The topological polar surface area (TPSA) is 32.8 Å². The molecular formula is C42H27FN2O2. The zero-order chi connectivity index (χ0) is 31.3. The van der Waals surface area contributed by atoms with Crippen LogP contribution >= 0.6 is 0 Å². The molecule has 9 aromatic rings. The Labute approximate surface area is 270 Å². The van der Waals surface area contributed by atoms with Crippen LogP contribution in [-0.2, 0) is 0 Å². The molecule has 4 nitrogen and oxygen atoms in total. The van der Waals surface area contributed by atoms with Crippen molar-refractivity contribution in [2.75, 3.05) is 9.80 Å². The predicted octanol–water partition coefficient (Wildman–Crippen LogP) is 12.6. The molecule has 0 amide bonds. The van der Waals surface area contributed by atoms with Gasteiger partial charge in [0.25, 0.3) is 0 Å². The molecule has 0 aliphatic rings. The van der Waals surface area contributed by atoms with E-state index in [4.69, 9.17) is 8.83 Å². The fourth-order valence-electron chi connectivity index (χ4n) is 6.55. The van der Waals surface area contributed by atoms with Gasteiger partial charge in [-0.05, 0) is 91.0 Å². The van der Waals surface area contributed by atoms with Gasteiger partial charge in [0.1, 0.15) is 28.1 Å². The van der Waals surface area contributed by atoms with Crippen LogP contribution in [0.25, 0.3) is 43.9 Å². The van der Waals surface area contributed by atoms with Gasteiger partial charge in [-0.2, -0.15) is 0 Å². The second-order valence-electron chi connectivity index (χ2n) is 11.6. The van der Waals surface area contributed by atoms with E-state index in [1.165, 1.54) is 6.07 Å². The van der Waals surface area contributed by atoms with Gasteiger partial charge in [0.05, 0.1) is 0 Å². The first kappa shape index (κ1) is 27.0. The van der Waals surface area contributed by atoms with Crippen molar-refractivity contribution in [1.82, 2.24) is 0 Å². The molecule has 0 fully saturated rings. The lowest BCUT2D eigenvalue weighted by Gasteiger charge is -2.25. The Morgan fingerprint density at radius 2 is 0.787 bits per heavy atom. The molecule has 0 aliphatic carbocycles. The lowest BCUT2D eigenvalue weighted by Crippen LogP contribution is -2.10. The zero-order valence-electron chi connectivity index (χ0n) is 25.2. The Balaban J connectivity index is 1.18. The fourth-order valence-corrected chi connectivity index (χ4v) is 6.55. The van der Waals surface area contributed by atoms with Crippen LogP contribution < -0.4 is 9.80 Å². The molecule has 7 aromatic carbocycles. The second-order valence-corrected chi connectivity index (χ2v) is 11.6. The van der Waals surface area contributed by atoms with Crippen molar-refractivity contribution in [2.24, 2.45) is 0 Å². The van der Waals surface area contributed by atoms with E-state index in [2.05, 4.69) is 89.8 Å². The van der Waals surface area contributed by atoms with Crippen molar-refractivity contribution in [3.63, 3.8) is 0 Å². The molecule has 0 spiro atoms. The van der Waals surface area contributed by atoms with E-state index in [0.29, 0.717) is 5.69 Å².